The number of esters is 1. The normalized spacial score (nSPS) is 26.7. The molecular weight excluding hydrogens is 494 g/mol. The second-order valence-corrected chi connectivity index (χ2v) is 10.8. The third-order valence-corrected chi connectivity index (χ3v) is 7.01. The van der Waals surface area contributed by atoms with Gasteiger partial charge in [-0.05, 0) is 36.8 Å². The fraction of sp³-hybridized carbons (Fsp3) is 0.652. The first-order chi connectivity index (χ1) is 17.0. The van der Waals surface area contributed by atoms with E-state index >= 15 is 0 Å². The molecule has 1 amide bonds. The molecule has 2 heterocycles. The van der Waals surface area contributed by atoms with Crippen molar-refractivity contribution in [2.24, 2.45) is 11.7 Å². The van der Waals surface area contributed by atoms with Crippen LogP contribution in [0.4, 0.5) is 5.69 Å². The van der Waals surface area contributed by atoms with Crippen LogP contribution >= 0.6 is 0 Å². The van der Waals surface area contributed by atoms with Gasteiger partial charge >= 0.3 is 16.3 Å². The van der Waals surface area contributed by atoms with Crippen molar-refractivity contribution in [1.29, 1.82) is 0 Å². The van der Waals surface area contributed by atoms with E-state index in [1.807, 2.05) is 38.1 Å². The van der Waals surface area contributed by atoms with E-state index < -0.39 is 65.3 Å². The number of rotatable bonds is 11. The van der Waals surface area contributed by atoms with Crippen molar-refractivity contribution in [2.75, 3.05) is 18.5 Å². The van der Waals surface area contributed by atoms with Crippen LogP contribution in [0, 0.1) is 5.92 Å². The van der Waals surface area contributed by atoms with Gasteiger partial charge in [-0.2, -0.15) is 8.42 Å². The number of nitrogens with one attached hydrogen (secondary N) is 2. The minimum absolute atomic E-state index is 0.0667. The molecular formula is C23H35N3O9S. The summed E-state index contributed by atoms with van der Waals surface area (Å²) in [5.41, 5.74) is 7.69. The highest BCUT2D eigenvalue weighted by atomic mass is 32.2. The number of nitrogens with two attached hydrogens (primary N) is 1. The number of benzene rings is 1. The van der Waals surface area contributed by atoms with E-state index in [2.05, 4.69) is 5.32 Å². The van der Waals surface area contributed by atoms with Crippen LogP contribution in [0.15, 0.2) is 24.3 Å². The minimum Gasteiger partial charge on any atom is -0.464 e. The number of carbonyl (C=O) groups is 2. The maximum absolute atomic E-state index is 12.4. The molecule has 202 valence electrons. The molecule has 1 aromatic carbocycles. The van der Waals surface area contributed by atoms with Crippen LogP contribution in [-0.2, 0) is 40.0 Å². The van der Waals surface area contributed by atoms with E-state index in [1.165, 1.54) is 0 Å². The zero-order valence-electron chi connectivity index (χ0n) is 20.3. The van der Waals surface area contributed by atoms with Crippen molar-refractivity contribution >= 4 is 27.9 Å². The fourth-order valence-electron chi connectivity index (χ4n) is 4.19. The summed E-state index contributed by atoms with van der Waals surface area (Å²) in [6.07, 6.45) is -3.15. The molecule has 0 saturated carbocycles. The third kappa shape index (κ3) is 7.60. The molecule has 1 aromatic rings. The number of aliphatic hydroxyl groups is 2. The van der Waals surface area contributed by atoms with Gasteiger partial charge in [-0.25, -0.2) is 9.52 Å². The number of aryl methyl sites for hydroxylation is 1. The first-order valence-electron chi connectivity index (χ1n) is 12.0. The molecule has 6 N–H and O–H groups in total. The molecule has 12 nitrogen and oxygen atoms in total. The SMILES string of the molecule is CC(C)CC(N)C(=O)NS(=O)(=O)OCC1OC(CCOC(=O)C2CCc3ccccc3N2)C(O)C1O. The number of ether oxygens (including phenoxy) is 2. The first kappa shape index (κ1) is 28.3. The largest absolute Gasteiger partial charge is 0.464 e. The van der Waals surface area contributed by atoms with Crippen LogP contribution in [0.3, 0.4) is 0 Å². The second kappa shape index (κ2) is 12.3. The number of hydrogen-bond donors (Lipinski definition) is 5. The van der Waals surface area contributed by atoms with Gasteiger partial charge in [0.2, 0.25) is 0 Å². The molecule has 1 fully saturated rings. The molecule has 6 atom stereocenters. The summed E-state index contributed by atoms with van der Waals surface area (Å²) in [6, 6.07) is 6.19. The predicted octanol–water partition coefficient (Wildman–Crippen LogP) is -0.413. The highest BCUT2D eigenvalue weighted by molar-refractivity contribution is 7.85. The highest BCUT2D eigenvalue weighted by Crippen LogP contribution is 2.26. The van der Waals surface area contributed by atoms with Gasteiger partial charge in [0, 0.05) is 12.1 Å². The summed E-state index contributed by atoms with van der Waals surface area (Å²) < 4.78 is 41.5. The van der Waals surface area contributed by atoms with Crippen LogP contribution in [0.25, 0.3) is 0 Å². The first-order valence-corrected chi connectivity index (χ1v) is 13.4. The van der Waals surface area contributed by atoms with Gasteiger partial charge in [-0.15, -0.1) is 0 Å². The Morgan fingerprint density at radius 3 is 2.64 bits per heavy atom. The van der Waals surface area contributed by atoms with Gasteiger partial charge in [0.15, 0.2) is 0 Å². The Balaban J connectivity index is 1.42. The fourth-order valence-corrected chi connectivity index (χ4v) is 4.96. The van der Waals surface area contributed by atoms with E-state index in [1.54, 1.807) is 4.72 Å². The molecule has 36 heavy (non-hydrogen) atoms. The highest BCUT2D eigenvalue weighted by Gasteiger charge is 2.43. The molecule has 2 aliphatic heterocycles. The summed E-state index contributed by atoms with van der Waals surface area (Å²) in [4.78, 5) is 24.4. The van der Waals surface area contributed by atoms with Crippen molar-refractivity contribution in [3.05, 3.63) is 29.8 Å². The van der Waals surface area contributed by atoms with Gasteiger partial charge in [0.25, 0.3) is 5.91 Å². The minimum atomic E-state index is -4.50. The van der Waals surface area contributed by atoms with Gasteiger partial charge < -0.3 is 30.7 Å². The van der Waals surface area contributed by atoms with Crippen molar-refractivity contribution in [1.82, 2.24) is 4.72 Å². The van der Waals surface area contributed by atoms with Crippen LogP contribution in [0.2, 0.25) is 0 Å². The Morgan fingerprint density at radius 1 is 1.22 bits per heavy atom. The maximum Gasteiger partial charge on any atom is 0.362 e. The number of carbonyl (C=O) groups excluding carboxylic acids is 2. The van der Waals surface area contributed by atoms with Crippen molar-refractivity contribution in [3.8, 4) is 0 Å². The lowest BCUT2D eigenvalue weighted by atomic mass is 9.98. The standard InChI is InChI=1S/C23H35N3O9S/c1-13(2)11-15(24)22(29)26-36(31,32)34-12-19-21(28)20(27)18(35-19)9-10-33-23(30)17-8-7-14-5-3-4-6-16(14)25-17/h3-6,13,15,17-21,25,27-28H,7-12,24H2,1-2H3,(H,26,29). The van der Waals surface area contributed by atoms with Crippen molar-refractivity contribution < 1.29 is 41.9 Å². The van der Waals surface area contributed by atoms with Crippen LogP contribution in [0.5, 0.6) is 0 Å². The monoisotopic (exact) mass is 529 g/mol. The van der Waals surface area contributed by atoms with Crippen LogP contribution in [0.1, 0.15) is 38.7 Å². The lowest BCUT2D eigenvalue weighted by Crippen LogP contribution is -2.45. The Kier molecular flexibility index (Phi) is 9.66. The molecule has 2 aliphatic rings. The molecule has 0 radical (unpaired) electrons. The average molecular weight is 530 g/mol. The van der Waals surface area contributed by atoms with Crippen molar-refractivity contribution in [3.63, 3.8) is 0 Å². The van der Waals surface area contributed by atoms with Gasteiger partial charge in [-0.1, -0.05) is 32.0 Å². The van der Waals surface area contributed by atoms with E-state index in [0.717, 1.165) is 17.7 Å². The summed E-state index contributed by atoms with van der Waals surface area (Å²) >= 11 is 0. The quantitative estimate of drug-likeness (QED) is 0.235. The summed E-state index contributed by atoms with van der Waals surface area (Å²) in [5.74, 6) is -1.26. The van der Waals surface area contributed by atoms with E-state index in [4.69, 9.17) is 19.4 Å². The molecule has 0 aromatic heterocycles. The average Bonchev–Trinajstić information content (AvgIpc) is 3.09. The smallest absolute Gasteiger partial charge is 0.362 e. The number of para-hydroxylation sites is 1. The van der Waals surface area contributed by atoms with E-state index in [-0.39, 0.29) is 25.4 Å². The zero-order chi connectivity index (χ0) is 26.5. The van der Waals surface area contributed by atoms with Gasteiger partial charge in [0.1, 0.15) is 24.4 Å². The number of anilines is 1. The number of aliphatic hydroxyl groups excluding tert-OH is 2. The topological polar surface area (TPSA) is 187 Å². The lowest BCUT2D eigenvalue weighted by molar-refractivity contribution is -0.146. The molecule has 3 rings (SSSR count). The molecule has 13 heteroatoms. The second-order valence-electron chi connectivity index (χ2n) is 9.48. The number of amides is 1. The molecule has 1 saturated heterocycles. The Morgan fingerprint density at radius 2 is 1.92 bits per heavy atom. The molecule has 6 unspecified atom stereocenters. The van der Waals surface area contributed by atoms with Gasteiger partial charge in [-0.3, -0.25) is 8.98 Å². The molecule has 0 aliphatic carbocycles. The Bertz CT molecular complexity index is 1020. The van der Waals surface area contributed by atoms with Crippen molar-refractivity contribution in [2.45, 2.75) is 76.0 Å². The summed E-state index contributed by atoms with van der Waals surface area (Å²) in [7, 11) is -4.50. The Labute approximate surface area is 210 Å². The van der Waals surface area contributed by atoms with E-state index in [0.29, 0.717) is 6.42 Å². The number of hydrogen-bond acceptors (Lipinski definition) is 11. The Hall–Kier alpha value is -2.29. The zero-order valence-corrected chi connectivity index (χ0v) is 21.1. The van der Waals surface area contributed by atoms with Crippen LogP contribution in [-0.4, -0.2) is 80.2 Å². The molecule has 0 bridgehead atoms. The van der Waals surface area contributed by atoms with Crippen LogP contribution < -0.4 is 15.8 Å². The molecule has 0 spiro atoms. The van der Waals surface area contributed by atoms with E-state index in [9.17, 15) is 28.2 Å². The predicted molar refractivity (Wildman–Crippen MR) is 129 cm³/mol. The number of fused-ring (bicyclic) bond motifs is 1. The van der Waals surface area contributed by atoms with Gasteiger partial charge in [0.05, 0.1) is 25.4 Å². The lowest BCUT2D eigenvalue weighted by Gasteiger charge is -2.25. The summed E-state index contributed by atoms with van der Waals surface area (Å²) in [5, 5.41) is 23.6. The summed E-state index contributed by atoms with van der Waals surface area (Å²) in [6.45, 7) is 2.97. The third-order valence-electron chi connectivity index (χ3n) is 6.12. The maximum atomic E-state index is 12.4.